The van der Waals surface area contributed by atoms with Gasteiger partial charge in [-0.3, -0.25) is 4.72 Å². The van der Waals surface area contributed by atoms with Gasteiger partial charge in [0, 0.05) is 6.04 Å². The largest absolute Gasteiger partial charge is 0.491 e. The van der Waals surface area contributed by atoms with Crippen LogP contribution in [0.3, 0.4) is 0 Å². The summed E-state index contributed by atoms with van der Waals surface area (Å²) in [6, 6.07) is 6.57. The van der Waals surface area contributed by atoms with E-state index < -0.39 is 0 Å². The number of hydrogen-bond donors (Lipinski definition) is 1. The Morgan fingerprint density at radius 3 is 2.47 bits per heavy atom. The summed E-state index contributed by atoms with van der Waals surface area (Å²) in [4.78, 5) is 0. The molecule has 0 saturated carbocycles. The predicted octanol–water partition coefficient (Wildman–Crippen LogP) is 2.94. The maximum Gasteiger partial charge on any atom is 0.125 e. The summed E-state index contributed by atoms with van der Waals surface area (Å²) in [7, 11) is 0. The molecule has 0 fully saturated rings. The minimum absolute atomic E-state index is 0.360. The van der Waals surface area contributed by atoms with Crippen molar-refractivity contribution in [2.75, 3.05) is 12.9 Å². The van der Waals surface area contributed by atoms with E-state index in [4.69, 9.17) is 4.74 Å². The van der Waals surface area contributed by atoms with Crippen LogP contribution < -0.4 is 9.46 Å². The Kier molecular flexibility index (Phi) is 4.99. The minimum atomic E-state index is 0.360. The van der Waals surface area contributed by atoms with Crippen LogP contribution in [0.5, 0.6) is 5.75 Å². The van der Waals surface area contributed by atoms with E-state index in [1.807, 2.05) is 6.26 Å². The number of para-hydroxylation sites is 1. The van der Waals surface area contributed by atoms with Gasteiger partial charge >= 0.3 is 0 Å². The van der Waals surface area contributed by atoms with Crippen molar-refractivity contribution in [1.29, 1.82) is 0 Å². The quantitative estimate of drug-likeness (QED) is 0.779. The van der Waals surface area contributed by atoms with Crippen molar-refractivity contribution >= 4 is 11.9 Å². The summed E-state index contributed by atoms with van der Waals surface area (Å²) in [6.07, 6.45) is 2.02. The zero-order valence-corrected chi connectivity index (χ0v) is 10.6. The molecule has 1 atom stereocenters. The number of rotatable bonds is 5. The summed E-state index contributed by atoms with van der Waals surface area (Å²) in [5, 5.41) is 0. The second kappa shape index (κ2) is 6.03. The Labute approximate surface area is 96.5 Å². The van der Waals surface area contributed by atoms with E-state index in [9.17, 15) is 0 Å². The molecule has 3 heteroatoms. The highest BCUT2D eigenvalue weighted by molar-refractivity contribution is 7.96. The number of hydrogen-bond acceptors (Lipinski definition) is 3. The first-order valence-electron chi connectivity index (χ1n) is 5.12. The lowest BCUT2D eigenvalue weighted by Gasteiger charge is -2.16. The predicted molar refractivity (Wildman–Crippen MR) is 67.5 cm³/mol. The van der Waals surface area contributed by atoms with Crippen LogP contribution in [-0.2, 0) is 0 Å². The molecule has 0 heterocycles. The van der Waals surface area contributed by atoms with E-state index in [-0.39, 0.29) is 0 Å². The van der Waals surface area contributed by atoms with Gasteiger partial charge in [0.1, 0.15) is 12.4 Å². The van der Waals surface area contributed by atoms with Crippen LogP contribution in [-0.4, -0.2) is 18.9 Å². The molecule has 0 saturated heterocycles. The van der Waals surface area contributed by atoms with Gasteiger partial charge in [-0.2, -0.15) is 0 Å². The fraction of sp³-hybridized carbons (Fsp3) is 0.500. The zero-order chi connectivity index (χ0) is 11.3. The number of aryl methyl sites for hydroxylation is 2. The molecule has 0 aliphatic carbocycles. The van der Waals surface area contributed by atoms with Crippen molar-refractivity contribution in [3.05, 3.63) is 29.3 Å². The number of benzene rings is 1. The first-order valence-corrected chi connectivity index (χ1v) is 6.35. The Morgan fingerprint density at radius 1 is 1.33 bits per heavy atom. The van der Waals surface area contributed by atoms with Crippen molar-refractivity contribution < 1.29 is 4.74 Å². The Morgan fingerprint density at radius 2 is 1.93 bits per heavy atom. The van der Waals surface area contributed by atoms with Crippen LogP contribution in [0, 0.1) is 13.8 Å². The summed E-state index contributed by atoms with van der Waals surface area (Å²) >= 11 is 1.62. The Bertz CT molecular complexity index is 294. The normalized spacial score (nSPS) is 12.5. The van der Waals surface area contributed by atoms with Crippen molar-refractivity contribution in [1.82, 2.24) is 4.72 Å². The first-order chi connectivity index (χ1) is 7.15. The van der Waals surface area contributed by atoms with Gasteiger partial charge in [0.05, 0.1) is 0 Å². The van der Waals surface area contributed by atoms with Crippen LogP contribution in [0.1, 0.15) is 18.1 Å². The van der Waals surface area contributed by atoms with Gasteiger partial charge in [0.2, 0.25) is 0 Å². The highest BCUT2D eigenvalue weighted by Crippen LogP contribution is 2.22. The van der Waals surface area contributed by atoms with E-state index in [0.717, 1.165) is 5.75 Å². The molecule has 1 N–H and O–H groups in total. The molecule has 0 aromatic heterocycles. The van der Waals surface area contributed by atoms with E-state index >= 15 is 0 Å². The van der Waals surface area contributed by atoms with Crippen LogP contribution in [0.2, 0.25) is 0 Å². The molecule has 0 spiro atoms. The van der Waals surface area contributed by atoms with Gasteiger partial charge in [0.15, 0.2) is 0 Å². The molecule has 0 amide bonds. The molecule has 1 unspecified atom stereocenters. The molecule has 0 bridgehead atoms. The third-order valence-corrected chi connectivity index (χ3v) is 2.84. The fourth-order valence-electron chi connectivity index (χ4n) is 1.47. The van der Waals surface area contributed by atoms with Crippen LogP contribution in [0.25, 0.3) is 0 Å². The lowest BCUT2D eigenvalue weighted by atomic mass is 10.1. The van der Waals surface area contributed by atoms with Crippen molar-refractivity contribution in [2.24, 2.45) is 0 Å². The first kappa shape index (κ1) is 12.4. The van der Waals surface area contributed by atoms with Gasteiger partial charge in [-0.1, -0.05) is 30.1 Å². The van der Waals surface area contributed by atoms with E-state index in [2.05, 4.69) is 43.7 Å². The average molecular weight is 225 g/mol. The molecule has 0 aliphatic heterocycles. The monoisotopic (exact) mass is 225 g/mol. The van der Waals surface area contributed by atoms with Gasteiger partial charge in [0.25, 0.3) is 0 Å². The fourth-order valence-corrected chi connectivity index (χ4v) is 1.94. The number of ether oxygens (including phenoxy) is 1. The Hall–Kier alpha value is -0.670. The van der Waals surface area contributed by atoms with Crippen molar-refractivity contribution in [3.8, 4) is 5.75 Å². The van der Waals surface area contributed by atoms with Gasteiger partial charge in [-0.15, -0.1) is 0 Å². The molecule has 0 radical (unpaired) electrons. The lowest BCUT2D eigenvalue weighted by Crippen LogP contribution is -2.26. The standard InChI is InChI=1S/C12H19NOS/c1-9-6-5-7-10(2)12(9)14-8-11(3)13-15-4/h5-7,11,13H,8H2,1-4H3. The van der Waals surface area contributed by atoms with Crippen molar-refractivity contribution in [3.63, 3.8) is 0 Å². The van der Waals surface area contributed by atoms with Crippen LogP contribution in [0.4, 0.5) is 0 Å². The second-order valence-corrected chi connectivity index (χ2v) is 4.40. The summed E-state index contributed by atoms with van der Waals surface area (Å²) in [6.45, 7) is 6.97. The van der Waals surface area contributed by atoms with Gasteiger partial charge < -0.3 is 4.74 Å². The summed E-state index contributed by atoms with van der Waals surface area (Å²) < 4.78 is 9.05. The lowest BCUT2D eigenvalue weighted by molar-refractivity contribution is 0.286. The topological polar surface area (TPSA) is 21.3 Å². The molecule has 15 heavy (non-hydrogen) atoms. The second-order valence-electron chi connectivity index (χ2n) is 3.75. The van der Waals surface area contributed by atoms with Crippen LogP contribution in [0.15, 0.2) is 18.2 Å². The molecule has 2 nitrogen and oxygen atoms in total. The molecule has 1 aromatic carbocycles. The maximum atomic E-state index is 5.81. The van der Waals surface area contributed by atoms with Gasteiger partial charge in [-0.05, 0) is 38.2 Å². The van der Waals surface area contributed by atoms with Crippen molar-refractivity contribution in [2.45, 2.75) is 26.8 Å². The summed E-state index contributed by atoms with van der Waals surface area (Å²) in [5.41, 5.74) is 2.40. The van der Waals surface area contributed by atoms with E-state index in [1.165, 1.54) is 11.1 Å². The van der Waals surface area contributed by atoms with Gasteiger partial charge in [-0.25, -0.2) is 0 Å². The number of nitrogens with one attached hydrogen (secondary N) is 1. The smallest absolute Gasteiger partial charge is 0.125 e. The molecule has 0 aliphatic rings. The van der Waals surface area contributed by atoms with Crippen LogP contribution >= 0.6 is 11.9 Å². The minimum Gasteiger partial charge on any atom is -0.491 e. The molecular weight excluding hydrogens is 206 g/mol. The third kappa shape index (κ3) is 3.76. The SMILES string of the molecule is CSNC(C)COc1c(C)cccc1C. The molecular formula is C12H19NOS. The Balaban J connectivity index is 2.57. The summed E-state index contributed by atoms with van der Waals surface area (Å²) in [5.74, 6) is 1.02. The highest BCUT2D eigenvalue weighted by Gasteiger charge is 2.05. The highest BCUT2D eigenvalue weighted by atomic mass is 32.2. The molecule has 1 aromatic rings. The average Bonchev–Trinajstić information content (AvgIpc) is 2.17. The van der Waals surface area contributed by atoms with E-state index in [0.29, 0.717) is 12.6 Å². The molecule has 1 rings (SSSR count). The van der Waals surface area contributed by atoms with E-state index in [1.54, 1.807) is 11.9 Å². The third-order valence-electron chi connectivity index (χ3n) is 2.21. The molecule has 84 valence electrons. The maximum absolute atomic E-state index is 5.81. The zero-order valence-electron chi connectivity index (χ0n) is 9.83.